The summed E-state index contributed by atoms with van der Waals surface area (Å²) in [7, 11) is 0. The van der Waals surface area contributed by atoms with Crippen molar-refractivity contribution >= 4 is 37.4 Å². The Balaban J connectivity index is 1.76. The summed E-state index contributed by atoms with van der Waals surface area (Å²) >= 11 is 5.64. The van der Waals surface area contributed by atoms with Crippen molar-refractivity contribution in [1.82, 2.24) is 4.90 Å². The quantitative estimate of drug-likeness (QED) is 0.735. The molecule has 1 aromatic heterocycles. The lowest BCUT2D eigenvalue weighted by Crippen LogP contribution is -2.39. The van der Waals surface area contributed by atoms with E-state index in [1.54, 1.807) is 0 Å². The predicted octanol–water partition coefficient (Wildman–Crippen LogP) is 4.51. The zero-order valence-electron chi connectivity index (χ0n) is 10.6. The molecular weight excluding hydrogens is 306 g/mol. The lowest BCUT2D eigenvalue weighted by Gasteiger charge is -2.34. The van der Waals surface area contributed by atoms with Gasteiger partial charge in [-0.05, 0) is 41.3 Å². The molecule has 2 heterocycles. The van der Waals surface area contributed by atoms with Crippen LogP contribution < -0.4 is 0 Å². The van der Waals surface area contributed by atoms with Gasteiger partial charge in [-0.1, -0.05) is 41.1 Å². The Bertz CT molecular complexity index is 536. The van der Waals surface area contributed by atoms with E-state index in [9.17, 15) is 0 Å². The molecule has 0 radical (unpaired) electrons. The molecule has 1 aliphatic rings. The van der Waals surface area contributed by atoms with E-state index in [4.69, 9.17) is 0 Å². The van der Waals surface area contributed by atoms with Crippen LogP contribution >= 0.6 is 27.3 Å². The highest BCUT2D eigenvalue weighted by Gasteiger charge is 2.24. The molecule has 0 saturated carbocycles. The zero-order valence-corrected chi connectivity index (χ0v) is 13.0. The third-order valence-electron chi connectivity index (χ3n) is 3.84. The van der Waals surface area contributed by atoms with Crippen molar-refractivity contribution in [2.45, 2.75) is 24.7 Å². The first-order chi connectivity index (χ1) is 8.74. The summed E-state index contributed by atoms with van der Waals surface area (Å²) in [5.74, 6) is 0.753. The van der Waals surface area contributed by atoms with Crippen molar-refractivity contribution in [2.75, 3.05) is 13.1 Å². The average Bonchev–Trinajstić information content (AvgIpc) is 2.78. The standard InChI is InChI=1S/C15H18BrNS/c1-11-8-17(7-6-14(11)16)9-12-10-18-15-5-3-2-4-13(12)15/h2-5,10-11,14H,6-9H2,1H3. The maximum absolute atomic E-state index is 3.77. The second-order valence-corrected chi connectivity index (χ2v) is 7.36. The highest BCUT2D eigenvalue weighted by atomic mass is 79.9. The van der Waals surface area contributed by atoms with Crippen LogP contribution in [0.4, 0.5) is 0 Å². The van der Waals surface area contributed by atoms with Crippen molar-refractivity contribution in [3.8, 4) is 0 Å². The van der Waals surface area contributed by atoms with Crippen LogP contribution in [0.3, 0.4) is 0 Å². The average molecular weight is 324 g/mol. The Labute approximate surface area is 121 Å². The smallest absolute Gasteiger partial charge is 0.0346 e. The van der Waals surface area contributed by atoms with E-state index in [1.807, 2.05) is 11.3 Å². The molecular formula is C15H18BrNS. The number of hydrogen-bond acceptors (Lipinski definition) is 2. The monoisotopic (exact) mass is 323 g/mol. The molecule has 1 fully saturated rings. The molecule has 0 N–H and O–H groups in total. The van der Waals surface area contributed by atoms with Gasteiger partial charge >= 0.3 is 0 Å². The van der Waals surface area contributed by atoms with E-state index in [-0.39, 0.29) is 0 Å². The minimum Gasteiger partial charge on any atom is -0.299 e. The number of hydrogen-bond donors (Lipinski definition) is 0. The molecule has 2 aromatic rings. The number of fused-ring (bicyclic) bond motifs is 1. The number of alkyl halides is 1. The molecule has 0 aliphatic carbocycles. The fraction of sp³-hybridized carbons (Fsp3) is 0.467. The Morgan fingerprint density at radius 3 is 3.06 bits per heavy atom. The number of rotatable bonds is 2. The fourth-order valence-electron chi connectivity index (χ4n) is 2.74. The van der Waals surface area contributed by atoms with E-state index in [2.05, 4.69) is 57.4 Å². The van der Waals surface area contributed by atoms with Gasteiger partial charge in [-0.2, -0.15) is 0 Å². The van der Waals surface area contributed by atoms with Gasteiger partial charge in [0.15, 0.2) is 0 Å². The number of thiophene rings is 1. The van der Waals surface area contributed by atoms with Gasteiger partial charge in [0.05, 0.1) is 0 Å². The van der Waals surface area contributed by atoms with E-state index in [0.29, 0.717) is 4.83 Å². The van der Waals surface area contributed by atoms with E-state index in [1.165, 1.54) is 35.2 Å². The van der Waals surface area contributed by atoms with Crippen LogP contribution in [0.5, 0.6) is 0 Å². The molecule has 1 saturated heterocycles. The number of nitrogens with zero attached hydrogens (tertiary/aromatic N) is 1. The first kappa shape index (κ1) is 12.6. The van der Waals surface area contributed by atoms with Crippen molar-refractivity contribution in [3.63, 3.8) is 0 Å². The topological polar surface area (TPSA) is 3.24 Å². The predicted molar refractivity (Wildman–Crippen MR) is 83.6 cm³/mol. The van der Waals surface area contributed by atoms with Crippen LogP contribution in [0.1, 0.15) is 18.9 Å². The number of piperidine rings is 1. The van der Waals surface area contributed by atoms with Gasteiger partial charge in [0.2, 0.25) is 0 Å². The largest absolute Gasteiger partial charge is 0.299 e. The van der Waals surface area contributed by atoms with Gasteiger partial charge in [0.1, 0.15) is 0 Å². The Morgan fingerprint density at radius 1 is 1.39 bits per heavy atom. The summed E-state index contributed by atoms with van der Waals surface area (Å²) < 4.78 is 1.41. The van der Waals surface area contributed by atoms with Crippen LogP contribution in [0, 0.1) is 5.92 Å². The minimum atomic E-state index is 0.702. The fourth-order valence-corrected chi connectivity index (χ4v) is 4.07. The van der Waals surface area contributed by atoms with Crippen molar-refractivity contribution in [3.05, 3.63) is 35.2 Å². The molecule has 96 valence electrons. The lowest BCUT2D eigenvalue weighted by molar-refractivity contribution is 0.184. The molecule has 2 unspecified atom stereocenters. The normalized spacial score (nSPS) is 25.7. The minimum absolute atomic E-state index is 0.702. The summed E-state index contributed by atoms with van der Waals surface area (Å²) in [6, 6.07) is 8.74. The Morgan fingerprint density at radius 2 is 2.22 bits per heavy atom. The van der Waals surface area contributed by atoms with Gasteiger partial charge in [-0.3, -0.25) is 4.90 Å². The number of halogens is 1. The summed E-state index contributed by atoms with van der Waals surface area (Å²) in [6.07, 6.45) is 1.27. The van der Waals surface area contributed by atoms with Gasteiger partial charge in [-0.15, -0.1) is 11.3 Å². The van der Waals surface area contributed by atoms with Crippen molar-refractivity contribution in [1.29, 1.82) is 0 Å². The number of benzene rings is 1. The third kappa shape index (κ3) is 2.49. The molecule has 0 bridgehead atoms. The summed E-state index contributed by atoms with van der Waals surface area (Å²) in [6.45, 7) is 5.87. The summed E-state index contributed by atoms with van der Waals surface area (Å²) in [4.78, 5) is 3.30. The summed E-state index contributed by atoms with van der Waals surface area (Å²) in [5, 5.41) is 3.77. The lowest BCUT2D eigenvalue weighted by atomic mass is 9.99. The van der Waals surface area contributed by atoms with Crippen LogP contribution in [0.25, 0.3) is 10.1 Å². The molecule has 2 atom stereocenters. The second-order valence-electron chi connectivity index (χ2n) is 5.27. The molecule has 3 heteroatoms. The molecule has 3 rings (SSSR count). The van der Waals surface area contributed by atoms with E-state index in [0.717, 1.165) is 12.5 Å². The van der Waals surface area contributed by atoms with Gasteiger partial charge in [0.25, 0.3) is 0 Å². The zero-order chi connectivity index (χ0) is 12.5. The Hall–Kier alpha value is -0.380. The first-order valence-electron chi connectivity index (χ1n) is 6.55. The molecule has 1 nitrogen and oxygen atoms in total. The maximum Gasteiger partial charge on any atom is 0.0346 e. The van der Waals surface area contributed by atoms with Gasteiger partial charge in [0, 0.05) is 22.6 Å². The third-order valence-corrected chi connectivity index (χ3v) is 6.21. The van der Waals surface area contributed by atoms with Crippen LogP contribution in [0.2, 0.25) is 0 Å². The van der Waals surface area contributed by atoms with Crippen LogP contribution in [-0.2, 0) is 6.54 Å². The highest BCUT2D eigenvalue weighted by Crippen LogP contribution is 2.29. The molecule has 0 amide bonds. The van der Waals surface area contributed by atoms with E-state index < -0.39 is 0 Å². The van der Waals surface area contributed by atoms with Crippen molar-refractivity contribution < 1.29 is 0 Å². The molecule has 18 heavy (non-hydrogen) atoms. The molecule has 0 spiro atoms. The van der Waals surface area contributed by atoms with E-state index >= 15 is 0 Å². The van der Waals surface area contributed by atoms with Crippen LogP contribution in [-0.4, -0.2) is 22.8 Å². The molecule has 1 aromatic carbocycles. The SMILES string of the molecule is CC1CN(Cc2csc3ccccc23)CCC1Br. The second kappa shape index (κ2) is 5.32. The summed E-state index contributed by atoms with van der Waals surface area (Å²) in [5.41, 5.74) is 1.50. The van der Waals surface area contributed by atoms with Gasteiger partial charge < -0.3 is 0 Å². The van der Waals surface area contributed by atoms with Crippen molar-refractivity contribution in [2.24, 2.45) is 5.92 Å². The van der Waals surface area contributed by atoms with Crippen LogP contribution in [0.15, 0.2) is 29.6 Å². The Kier molecular flexibility index (Phi) is 3.73. The highest BCUT2D eigenvalue weighted by molar-refractivity contribution is 9.09. The molecule has 1 aliphatic heterocycles. The first-order valence-corrected chi connectivity index (χ1v) is 8.35. The maximum atomic E-state index is 3.77. The number of likely N-dealkylation sites (tertiary alicyclic amines) is 1. The van der Waals surface area contributed by atoms with Gasteiger partial charge in [-0.25, -0.2) is 0 Å².